The summed E-state index contributed by atoms with van der Waals surface area (Å²) in [5.74, 6) is -0.454. The lowest BCUT2D eigenvalue weighted by molar-refractivity contribution is 0.101. The van der Waals surface area contributed by atoms with Crippen LogP contribution in [0, 0.1) is 5.82 Å². The van der Waals surface area contributed by atoms with Crippen LogP contribution < -0.4 is 4.90 Å². The van der Waals surface area contributed by atoms with Crippen LogP contribution in [-0.4, -0.2) is 66.8 Å². The molecule has 0 bridgehead atoms. The highest BCUT2D eigenvalue weighted by atomic mass is 32.1. The highest BCUT2D eigenvalue weighted by molar-refractivity contribution is 7.80. The van der Waals surface area contributed by atoms with Crippen LogP contribution in [0.4, 0.5) is 10.1 Å². The summed E-state index contributed by atoms with van der Waals surface area (Å²) in [6.07, 6.45) is 0. The van der Waals surface area contributed by atoms with Crippen molar-refractivity contribution in [3.05, 3.63) is 29.6 Å². The molecule has 5 nitrogen and oxygen atoms in total. The van der Waals surface area contributed by atoms with Gasteiger partial charge < -0.3 is 14.5 Å². The summed E-state index contributed by atoms with van der Waals surface area (Å²) in [5, 5.41) is 0.568. The Morgan fingerprint density at radius 2 is 2.00 bits per heavy atom. The van der Waals surface area contributed by atoms with Crippen LogP contribution >= 0.6 is 12.2 Å². The minimum Gasteiger partial charge on any atom is -0.469 e. The molecule has 0 unspecified atom stereocenters. The van der Waals surface area contributed by atoms with Crippen molar-refractivity contribution < 1.29 is 13.9 Å². The first-order valence-electron chi connectivity index (χ1n) is 7.74. The fourth-order valence-electron chi connectivity index (χ4n) is 2.91. The monoisotopic (exact) mass is 337 g/mol. The van der Waals surface area contributed by atoms with Gasteiger partial charge in [0.05, 0.1) is 18.9 Å². The second-order valence-corrected chi connectivity index (χ2v) is 6.20. The quantitative estimate of drug-likeness (QED) is 0.615. The van der Waals surface area contributed by atoms with Crippen LogP contribution in [0.3, 0.4) is 0 Å². The average molecular weight is 337 g/mol. The van der Waals surface area contributed by atoms with E-state index in [0.29, 0.717) is 23.0 Å². The van der Waals surface area contributed by atoms with E-state index in [9.17, 15) is 9.18 Å². The van der Waals surface area contributed by atoms with Crippen molar-refractivity contribution in [1.29, 1.82) is 0 Å². The summed E-state index contributed by atoms with van der Waals surface area (Å²) >= 11 is 5.15. The maximum atomic E-state index is 14.2. The van der Waals surface area contributed by atoms with Gasteiger partial charge in [0, 0.05) is 31.7 Å². The van der Waals surface area contributed by atoms with Gasteiger partial charge >= 0.3 is 0 Å². The smallest absolute Gasteiger partial charge is 0.260 e. The van der Waals surface area contributed by atoms with Gasteiger partial charge in [-0.3, -0.25) is 9.69 Å². The van der Waals surface area contributed by atoms with Gasteiger partial charge in [0.1, 0.15) is 12.4 Å². The summed E-state index contributed by atoms with van der Waals surface area (Å²) in [4.78, 5) is 17.7. The number of hydrogen-bond acceptors (Lipinski definition) is 5. The van der Waals surface area contributed by atoms with Crippen LogP contribution in [0.25, 0.3) is 0 Å². The second kappa shape index (κ2) is 6.80. The first-order chi connectivity index (χ1) is 11.0. The van der Waals surface area contributed by atoms with Crippen molar-refractivity contribution in [3.8, 4) is 0 Å². The lowest BCUT2D eigenvalue weighted by Crippen LogP contribution is -2.50. The normalized spacial score (nSPS) is 19.1. The van der Waals surface area contributed by atoms with Crippen molar-refractivity contribution in [2.24, 2.45) is 0 Å². The molecule has 2 fully saturated rings. The summed E-state index contributed by atoms with van der Waals surface area (Å²) in [6, 6.07) is 4.71. The largest absolute Gasteiger partial charge is 0.469 e. The second-order valence-electron chi connectivity index (χ2n) is 5.85. The molecule has 0 radical (unpaired) electrons. The molecular formula is C16H20FN3O2S. The molecule has 0 saturated carbocycles. The molecule has 2 aliphatic heterocycles. The predicted octanol–water partition coefficient (Wildman–Crippen LogP) is 1.72. The van der Waals surface area contributed by atoms with Crippen LogP contribution in [-0.2, 0) is 4.74 Å². The number of carbonyl (C=O) groups is 1. The number of thiocarbonyl (C=S) groups is 1. The maximum Gasteiger partial charge on any atom is 0.260 e. The van der Waals surface area contributed by atoms with Crippen LogP contribution in [0.15, 0.2) is 18.2 Å². The van der Waals surface area contributed by atoms with Gasteiger partial charge in [-0.15, -0.1) is 0 Å². The minimum atomic E-state index is -0.333. The molecule has 2 saturated heterocycles. The third-order valence-corrected chi connectivity index (χ3v) is 4.66. The lowest BCUT2D eigenvalue weighted by atomic mass is 10.1. The van der Waals surface area contributed by atoms with Gasteiger partial charge in [-0.25, -0.2) is 4.39 Å². The number of ketones is 1. The van der Waals surface area contributed by atoms with Crippen LogP contribution in [0.1, 0.15) is 17.3 Å². The summed E-state index contributed by atoms with van der Waals surface area (Å²) in [5.41, 5.74) is 0.974. The van der Waals surface area contributed by atoms with Gasteiger partial charge in [0.2, 0.25) is 0 Å². The van der Waals surface area contributed by atoms with E-state index in [1.807, 2.05) is 9.80 Å². The Kier molecular flexibility index (Phi) is 4.77. The molecular weight excluding hydrogens is 317 g/mol. The van der Waals surface area contributed by atoms with Crippen molar-refractivity contribution in [3.63, 3.8) is 0 Å². The molecule has 0 aromatic heterocycles. The highest BCUT2D eigenvalue weighted by Gasteiger charge is 2.24. The lowest BCUT2D eigenvalue weighted by Gasteiger charge is -2.37. The van der Waals surface area contributed by atoms with Crippen LogP contribution in [0.5, 0.6) is 0 Å². The van der Waals surface area contributed by atoms with E-state index in [0.717, 1.165) is 39.4 Å². The number of piperazine rings is 1. The highest BCUT2D eigenvalue weighted by Crippen LogP contribution is 2.22. The molecule has 0 amide bonds. The molecule has 1 aromatic carbocycles. The number of benzene rings is 1. The molecule has 1 aromatic rings. The summed E-state index contributed by atoms with van der Waals surface area (Å²) in [6.45, 7) is 6.88. The Balaban J connectivity index is 1.58. The van der Waals surface area contributed by atoms with E-state index in [4.69, 9.17) is 17.0 Å². The average Bonchev–Trinajstić information content (AvgIpc) is 2.93. The van der Waals surface area contributed by atoms with Crippen molar-refractivity contribution in [1.82, 2.24) is 9.80 Å². The topological polar surface area (TPSA) is 36.0 Å². The third kappa shape index (κ3) is 3.61. The third-order valence-electron chi connectivity index (χ3n) is 4.28. The van der Waals surface area contributed by atoms with Crippen molar-refractivity contribution >= 4 is 28.9 Å². The Labute approximate surface area is 140 Å². The van der Waals surface area contributed by atoms with Gasteiger partial charge in [-0.05, 0) is 37.3 Å². The SMILES string of the molecule is CC(=O)c1ccc(N2CCN(CN3CCOC3=S)CC2)c(F)c1. The van der Waals surface area contributed by atoms with E-state index in [1.54, 1.807) is 12.1 Å². The van der Waals surface area contributed by atoms with Gasteiger partial charge in [0.15, 0.2) is 5.78 Å². The zero-order chi connectivity index (χ0) is 16.4. The van der Waals surface area contributed by atoms with Crippen molar-refractivity contribution in [2.45, 2.75) is 6.92 Å². The molecule has 0 aliphatic carbocycles. The number of rotatable bonds is 4. The standard InChI is InChI=1S/C16H20FN3O2S/c1-12(21)13-2-3-15(14(17)10-13)19-6-4-18(5-7-19)11-20-8-9-22-16(20)23/h2-3,10H,4-9,11H2,1H3. The minimum absolute atomic E-state index is 0.121. The zero-order valence-corrected chi connectivity index (χ0v) is 13.9. The van der Waals surface area contributed by atoms with E-state index in [-0.39, 0.29) is 11.6 Å². The number of Topliss-reactive ketones (excluding diaryl/α,β-unsaturated/α-hetero) is 1. The number of hydrogen-bond donors (Lipinski definition) is 0. The van der Waals surface area contributed by atoms with E-state index < -0.39 is 0 Å². The first kappa shape index (κ1) is 16.1. The Morgan fingerprint density at radius 3 is 2.57 bits per heavy atom. The Bertz CT molecular complexity index is 617. The number of carbonyl (C=O) groups excluding carboxylic acids is 1. The fourth-order valence-corrected chi connectivity index (χ4v) is 3.14. The van der Waals surface area contributed by atoms with E-state index in [2.05, 4.69) is 4.90 Å². The molecule has 124 valence electrons. The van der Waals surface area contributed by atoms with Gasteiger partial charge in [-0.1, -0.05) is 0 Å². The zero-order valence-electron chi connectivity index (χ0n) is 13.1. The molecule has 2 heterocycles. The molecule has 3 rings (SSSR count). The molecule has 2 aliphatic rings. The number of halogens is 1. The van der Waals surface area contributed by atoms with Gasteiger partial charge in [0.25, 0.3) is 5.17 Å². The maximum absolute atomic E-state index is 14.2. The Morgan fingerprint density at radius 1 is 1.26 bits per heavy atom. The summed E-state index contributed by atoms with van der Waals surface area (Å²) in [7, 11) is 0. The Hall–Kier alpha value is -1.73. The predicted molar refractivity (Wildman–Crippen MR) is 90.3 cm³/mol. The number of ether oxygens (including phenoxy) is 1. The molecule has 0 N–H and O–H groups in total. The summed E-state index contributed by atoms with van der Waals surface area (Å²) < 4.78 is 19.5. The fraction of sp³-hybridized carbons (Fsp3) is 0.500. The van der Waals surface area contributed by atoms with E-state index in [1.165, 1.54) is 13.0 Å². The first-order valence-corrected chi connectivity index (χ1v) is 8.15. The molecule has 0 spiro atoms. The number of anilines is 1. The van der Waals surface area contributed by atoms with Gasteiger partial charge in [-0.2, -0.15) is 0 Å². The van der Waals surface area contributed by atoms with E-state index >= 15 is 0 Å². The number of nitrogens with zero attached hydrogens (tertiary/aromatic N) is 3. The molecule has 0 atom stereocenters. The molecule has 23 heavy (non-hydrogen) atoms. The van der Waals surface area contributed by atoms with Crippen molar-refractivity contribution in [2.75, 3.05) is 50.9 Å². The van der Waals surface area contributed by atoms with Crippen LogP contribution in [0.2, 0.25) is 0 Å². The molecule has 7 heteroatoms.